The highest BCUT2D eigenvalue weighted by molar-refractivity contribution is 4.69. The van der Waals surface area contributed by atoms with Crippen molar-refractivity contribution < 1.29 is 14.2 Å². The minimum atomic E-state index is 0.0931. The zero-order chi connectivity index (χ0) is 10.1. The molecule has 2 atom stereocenters. The van der Waals surface area contributed by atoms with Crippen LogP contribution in [0.4, 0.5) is 0 Å². The molecule has 0 amide bonds. The number of hydrogen-bond donors (Lipinski definition) is 0. The predicted molar refractivity (Wildman–Crippen MR) is 52.1 cm³/mol. The van der Waals surface area contributed by atoms with E-state index in [9.17, 15) is 0 Å². The molecule has 0 aromatic heterocycles. The molecule has 0 aliphatic rings. The van der Waals surface area contributed by atoms with Gasteiger partial charge in [0.1, 0.15) is 0 Å². The summed E-state index contributed by atoms with van der Waals surface area (Å²) in [5.74, 6) is 0. The van der Waals surface area contributed by atoms with Crippen LogP contribution in [-0.4, -0.2) is 32.5 Å². The summed E-state index contributed by atoms with van der Waals surface area (Å²) >= 11 is 0. The molecule has 3 heteroatoms. The third-order valence-corrected chi connectivity index (χ3v) is 1.46. The van der Waals surface area contributed by atoms with Gasteiger partial charge in [-0.3, -0.25) is 0 Å². The first-order valence-corrected chi connectivity index (χ1v) is 4.57. The smallest absolute Gasteiger partial charge is 0.0873 e. The molecule has 0 rings (SSSR count). The summed E-state index contributed by atoms with van der Waals surface area (Å²) in [7, 11) is 1.67. The molecule has 78 valence electrons. The number of rotatable bonds is 8. The maximum atomic E-state index is 5.46. The quantitative estimate of drug-likeness (QED) is 0.581. The van der Waals surface area contributed by atoms with Gasteiger partial charge in [0.15, 0.2) is 0 Å². The van der Waals surface area contributed by atoms with Gasteiger partial charge >= 0.3 is 0 Å². The lowest BCUT2D eigenvalue weighted by Crippen LogP contribution is -2.22. The zero-order valence-electron chi connectivity index (χ0n) is 8.95. The molecule has 0 aromatic carbocycles. The Balaban J connectivity index is 3.29. The summed E-state index contributed by atoms with van der Waals surface area (Å²) in [6, 6.07) is 0. The largest absolute Gasteiger partial charge is 0.382 e. The average molecular weight is 188 g/mol. The van der Waals surface area contributed by atoms with Gasteiger partial charge in [-0.25, -0.2) is 0 Å². The van der Waals surface area contributed by atoms with Crippen LogP contribution in [0.15, 0.2) is 0 Å². The first kappa shape index (κ1) is 12.9. The van der Waals surface area contributed by atoms with E-state index in [0.717, 1.165) is 0 Å². The normalized spacial score (nSPS) is 15.7. The fourth-order valence-corrected chi connectivity index (χ4v) is 0.835. The molecule has 13 heavy (non-hydrogen) atoms. The lowest BCUT2D eigenvalue weighted by Gasteiger charge is -2.16. The monoisotopic (exact) mass is 188 g/mol. The molecule has 0 bridgehead atoms. The van der Waals surface area contributed by atoms with Crippen molar-refractivity contribution in [3.8, 4) is 0 Å². The number of ether oxygens (including phenoxy) is 3. The Kier molecular flexibility index (Phi) is 8.40. The van der Waals surface area contributed by atoms with Crippen LogP contribution in [0.25, 0.3) is 0 Å². The summed E-state index contributed by atoms with van der Waals surface area (Å²) < 4.78 is 15.7. The van der Waals surface area contributed by atoms with Crippen LogP contribution in [0.2, 0.25) is 0 Å². The van der Waals surface area contributed by atoms with Crippen LogP contribution < -0.4 is 0 Å². The third kappa shape index (κ3) is 8.22. The van der Waals surface area contributed by atoms with E-state index in [1.54, 1.807) is 13.7 Å². The van der Waals surface area contributed by atoms with Gasteiger partial charge in [-0.05, 0) is 20.3 Å². The maximum absolute atomic E-state index is 5.46. The molecule has 2 unspecified atom stereocenters. The minimum absolute atomic E-state index is 0.0931. The summed E-state index contributed by atoms with van der Waals surface area (Å²) in [5, 5.41) is 0. The Labute approximate surface area is 81.4 Å². The van der Waals surface area contributed by atoms with E-state index in [1.165, 1.54) is 0 Å². The molecular formula is C10H20O3. The average Bonchev–Trinajstić information content (AvgIpc) is 2.12. The van der Waals surface area contributed by atoms with E-state index in [4.69, 9.17) is 14.2 Å². The molecule has 0 N–H and O–H groups in total. The zero-order valence-corrected chi connectivity index (χ0v) is 8.95. The molecule has 0 aromatic rings. The van der Waals surface area contributed by atoms with E-state index >= 15 is 0 Å². The summed E-state index contributed by atoms with van der Waals surface area (Å²) in [6.45, 7) is 8.76. The number of hydrogen-bond acceptors (Lipinski definition) is 3. The third-order valence-electron chi connectivity index (χ3n) is 1.46. The topological polar surface area (TPSA) is 27.7 Å². The van der Waals surface area contributed by atoms with Gasteiger partial charge in [0.2, 0.25) is 0 Å². The minimum Gasteiger partial charge on any atom is -0.382 e. The van der Waals surface area contributed by atoms with Crippen molar-refractivity contribution in [2.24, 2.45) is 0 Å². The standard InChI is InChI=1S/C10H20O3/c1-5-6-12-10(3)8-13-9(2)7-11-4/h5-6,9-10H,7-8H2,1-4H3. The van der Waals surface area contributed by atoms with Crippen LogP contribution in [-0.2, 0) is 14.2 Å². The van der Waals surface area contributed by atoms with Crippen LogP contribution in [0.1, 0.15) is 20.8 Å². The molecule has 0 fully saturated rings. The fourth-order valence-electron chi connectivity index (χ4n) is 0.835. The summed E-state index contributed by atoms with van der Waals surface area (Å²) in [6.07, 6.45) is 2.08. The van der Waals surface area contributed by atoms with Crippen molar-refractivity contribution >= 4 is 0 Å². The Morgan fingerprint density at radius 1 is 1.15 bits per heavy atom. The maximum Gasteiger partial charge on any atom is 0.0873 e. The molecule has 0 aliphatic heterocycles. The van der Waals surface area contributed by atoms with Gasteiger partial charge in [0.25, 0.3) is 0 Å². The fraction of sp³-hybridized carbons (Fsp3) is 0.800. The molecule has 3 nitrogen and oxygen atoms in total. The van der Waals surface area contributed by atoms with Crippen LogP contribution in [0, 0.1) is 13.0 Å². The second-order valence-corrected chi connectivity index (χ2v) is 3.02. The molecule has 0 saturated heterocycles. The second kappa shape index (κ2) is 8.48. The predicted octanol–water partition coefficient (Wildman–Crippen LogP) is 1.83. The van der Waals surface area contributed by atoms with Gasteiger partial charge in [-0.15, -0.1) is 0 Å². The summed E-state index contributed by atoms with van der Waals surface area (Å²) in [5.41, 5.74) is 0. The lowest BCUT2D eigenvalue weighted by atomic mass is 10.4. The highest BCUT2D eigenvalue weighted by Crippen LogP contribution is 1.99. The van der Waals surface area contributed by atoms with Crippen molar-refractivity contribution in [1.29, 1.82) is 0 Å². The van der Waals surface area contributed by atoms with Crippen LogP contribution >= 0.6 is 0 Å². The Hall–Kier alpha value is -0.120. The van der Waals surface area contributed by atoms with Crippen molar-refractivity contribution in [1.82, 2.24) is 0 Å². The lowest BCUT2D eigenvalue weighted by molar-refractivity contribution is -0.0361. The van der Waals surface area contributed by atoms with Gasteiger partial charge in [-0.1, -0.05) is 6.92 Å². The molecule has 0 saturated carbocycles. The van der Waals surface area contributed by atoms with Crippen LogP contribution in [0.5, 0.6) is 0 Å². The van der Waals surface area contributed by atoms with Gasteiger partial charge in [0, 0.05) is 7.11 Å². The first-order chi connectivity index (χ1) is 6.20. The van der Waals surface area contributed by atoms with Crippen molar-refractivity contribution in [3.05, 3.63) is 13.0 Å². The molecule has 0 spiro atoms. The van der Waals surface area contributed by atoms with E-state index in [0.29, 0.717) is 13.2 Å². The molecule has 0 aliphatic carbocycles. The highest BCUT2D eigenvalue weighted by Gasteiger charge is 2.06. The second-order valence-electron chi connectivity index (χ2n) is 3.02. The van der Waals surface area contributed by atoms with Gasteiger partial charge < -0.3 is 14.2 Å². The highest BCUT2D eigenvalue weighted by atomic mass is 16.6. The SMILES string of the molecule is C[CH][CH]OC(C)COC(C)COC. The Bertz CT molecular complexity index is 106. The molecule has 0 heterocycles. The van der Waals surface area contributed by atoms with E-state index in [2.05, 4.69) is 0 Å². The first-order valence-electron chi connectivity index (χ1n) is 4.57. The van der Waals surface area contributed by atoms with Crippen molar-refractivity contribution in [3.63, 3.8) is 0 Å². The Morgan fingerprint density at radius 3 is 2.38 bits per heavy atom. The van der Waals surface area contributed by atoms with Crippen LogP contribution in [0.3, 0.4) is 0 Å². The van der Waals surface area contributed by atoms with Crippen molar-refractivity contribution in [2.75, 3.05) is 20.3 Å². The Morgan fingerprint density at radius 2 is 1.85 bits per heavy atom. The van der Waals surface area contributed by atoms with Gasteiger partial charge in [-0.2, -0.15) is 0 Å². The number of methoxy groups -OCH3 is 1. The molecule has 2 radical (unpaired) electrons. The summed E-state index contributed by atoms with van der Waals surface area (Å²) in [4.78, 5) is 0. The van der Waals surface area contributed by atoms with Gasteiger partial charge in [0.05, 0.1) is 32.0 Å². The van der Waals surface area contributed by atoms with E-state index in [1.807, 2.05) is 27.2 Å². The van der Waals surface area contributed by atoms with Crippen molar-refractivity contribution in [2.45, 2.75) is 33.0 Å². The van der Waals surface area contributed by atoms with E-state index in [-0.39, 0.29) is 12.2 Å². The molecular weight excluding hydrogens is 168 g/mol. The van der Waals surface area contributed by atoms with E-state index < -0.39 is 0 Å².